The van der Waals surface area contributed by atoms with E-state index in [9.17, 15) is 4.79 Å². The molecule has 15 heavy (non-hydrogen) atoms. The molecule has 1 aromatic rings. The smallest absolute Gasteiger partial charge is 0.146 e. The molecule has 2 rings (SSSR count). The highest BCUT2D eigenvalue weighted by Crippen LogP contribution is 2.21. The zero-order chi connectivity index (χ0) is 10.8. The van der Waals surface area contributed by atoms with E-state index in [0.29, 0.717) is 0 Å². The molecule has 0 aromatic heterocycles. The highest BCUT2D eigenvalue weighted by molar-refractivity contribution is 5.81. The van der Waals surface area contributed by atoms with Crippen LogP contribution in [0, 0.1) is 0 Å². The maximum Gasteiger partial charge on any atom is 0.146 e. The van der Waals surface area contributed by atoms with Crippen molar-refractivity contribution in [3.8, 4) is 0 Å². The van der Waals surface area contributed by atoms with Gasteiger partial charge in [0.15, 0.2) is 0 Å². The Morgan fingerprint density at radius 3 is 2.67 bits per heavy atom. The van der Waals surface area contributed by atoms with Crippen LogP contribution in [0.2, 0.25) is 0 Å². The molecule has 80 valence electrons. The Labute approximate surface area is 90.9 Å². The third kappa shape index (κ3) is 2.10. The lowest BCUT2D eigenvalue weighted by Crippen LogP contribution is -2.35. The number of carbonyl (C=O) groups is 1. The van der Waals surface area contributed by atoms with Crippen LogP contribution >= 0.6 is 0 Å². The van der Waals surface area contributed by atoms with Gasteiger partial charge in [-0.05, 0) is 37.9 Å². The molecule has 0 amide bonds. The van der Waals surface area contributed by atoms with Crippen molar-refractivity contribution in [1.29, 1.82) is 0 Å². The first-order valence-electron chi connectivity index (χ1n) is 5.46. The topological polar surface area (TPSA) is 20.3 Å². The van der Waals surface area contributed by atoms with Crippen LogP contribution in [0.5, 0.6) is 0 Å². The molecule has 2 nitrogen and oxygen atoms in total. The van der Waals surface area contributed by atoms with Gasteiger partial charge in [0.05, 0.1) is 6.04 Å². The summed E-state index contributed by atoms with van der Waals surface area (Å²) in [5.74, 6) is 0.283. The van der Waals surface area contributed by atoms with Crippen LogP contribution < -0.4 is 0 Å². The molecular formula is C13H17NO. The van der Waals surface area contributed by atoms with Gasteiger partial charge in [-0.3, -0.25) is 9.69 Å². The zero-order valence-electron chi connectivity index (χ0n) is 9.36. The summed E-state index contributed by atoms with van der Waals surface area (Å²) < 4.78 is 0. The third-order valence-corrected chi connectivity index (χ3v) is 3.23. The molecule has 1 aliphatic rings. The molecule has 1 atom stereocenters. The summed E-state index contributed by atoms with van der Waals surface area (Å²) in [4.78, 5) is 13.6. The van der Waals surface area contributed by atoms with E-state index in [1.165, 1.54) is 11.1 Å². The third-order valence-electron chi connectivity index (χ3n) is 3.23. The van der Waals surface area contributed by atoms with Crippen molar-refractivity contribution in [2.24, 2.45) is 0 Å². The van der Waals surface area contributed by atoms with Crippen molar-refractivity contribution in [3.63, 3.8) is 0 Å². The largest absolute Gasteiger partial charge is 0.298 e. The average Bonchev–Trinajstić information content (AvgIpc) is 2.35. The Hall–Kier alpha value is -1.15. The molecule has 0 bridgehead atoms. The van der Waals surface area contributed by atoms with Crippen molar-refractivity contribution in [2.45, 2.75) is 32.4 Å². The van der Waals surface area contributed by atoms with Crippen LogP contribution in [0.4, 0.5) is 0 Å². The predicted molar refractivity (Wildman–Crippen MR) is 60.7 cm³/mol. The number of ketones is 1. The van der Waals surface area contributed by atoms with Crippen molar-refractivity contribution >= 4 is 5.78 Å². The summed E-state index contributed by atoms with van der Waals surface area (Å²) in [7, 11) is 2.04. The summed E-state index contributed by atoms with van der Waals surface area (Å²) in [6.45, 7) is 2.58. The number of hydrogen-bond donors (Lipinski definition) is 0. The molecule has 1 aliphatic heterocycles. The Bertz CT molecular complexity index is 373. The van der Waals surface area contributed by atoms with Crippen molar-refractivity contribution in [1.82, 2.24) is 4.90 Å². The highest BCUT2D eigenvalue weighted by atomic mass is 16.1. The van der Waals surface area contributed by atoms with Gasteiger partial charge < -0.3 is 0 Å². The van der Waals surface area contributed by atoms with Crippen molar-refractivity contribution in [2.75, 3.05) is 7.05 Å². The number of hydrogen-bond acceptors (Lipinski definition) is 2. The number of aryl methyl sites for hydroxylation is 1. The molecule has 0 radical (unpaired) electrons. The second-order valence-electron chi connectivity index (χ2n) is 4.35. The van der Waals surface area contributed by atoms with Gasteiger partial charge in [0, 0.05) is 6.54 Å². The van der Waals surface area contributed by atoms with Gasteiger partial charge >= 0.3 is 0 Å². The lowest BCUT2D eigenvalue weighted by molar-refractivity contribution is -0.122. The number of fused-ring (bicyclic) bond motifs is 1. The van der Waals surface area contributed by atoms with Crippen LogP contribution in [0.3, 0.4) is 0 Å². The second-order valence-corrected chi connectivity index (χ2v) is 4.35. The minimum absolute atomic E-state index is 0.0948. The molecule has 1 aromatic carbocycles. The Kier molecular flexibility index (Phi) is 2.87. The predicted octanol–water partition coefficient (Wildman–Crippen LogP) is 2.02. The zero-order valence-corrected chi connectivity index (χ0v) is 9.36. The monoisotopic (exact) mass is 203 g/mol. The molecule has 0 N–H and O–H groups in total. The van der Waals surface area contributed by atoms with Crippen molar-refractivity contribution in [3.05, 3.63) is 35.4 Å². The molecule has 0 saturated carbocycles. The first-order valence-corrected chi connectivity index (χ1v) is 5.46. The Morgan fingerprint density at radius 2 is 2.00 bits per heavy atom. The summed E-state index contributed by atoms with van der Waals surface area (Å²) in [5, 5.41) is 0. The van der Waals surface area contributed by atoms with Gasteiger partial charge in [0.25, 0.3) is 0 Å². The first kappa shape index (κ1) is 10.4. The number of likely N-dealkylation sites (N-methyl/N-ethyl adjacent to an activating group) is 1. The van der Waals surface area contributed by atoms with Gasteiger partial charge in [0.2, 0.25) is 0 Å². The number of nitrogens with zero attached hydrogens (tertiary/aromatic N) is 1. The van der Waals surface area contributed by atoms with E-state index in [4.69, 9.17) is 0 Å². The fourth-order valence-corrected chi connectivity index (χ4v) is 2.36. The van der Waals surface area contributed by atoms with E-state index in [1.54, 1.807) is 6.92 Å². The van der Waals surface area contributed by atoms with Crippen molar-refractivity contribution < 1.29 is 4.79 Å². The maximum absolute atomic E-state index is 11.5. The van der Waals surface area contributed by atoms with E-state index < -0.39 is 0 Å². The molecule has 0 fully saturated rings. The molecule has 1 heterocycles. The average molecular weight is 203 g/mol. The molecule has 2 heteroatoms. The Balaban J connectivity index is 2.26. The van der Waals surface area contributed by atoms with E-state index in [1.807, 2.05) is 7.05 Å². The van der Waals surface area contributed by atoms with Crippen LogP contribution in [0.1, 0.15) is 24.5 Å². The lowest BCUT2D eigenvalue weighted by atomic mass is 10.0. The SMILES string of the molecule is CC(=O)[C@@H]1CCc2ccccc2CN1C. The quantitative estimate of drug-likeness (QED) is 0.696. The minimum atomic E-state index is 0.0948. The summed E-state index contributed by atoms with van der Waals surface area (Å²) >= 11 is 0. The minimum Gasteiger partial charge on any atom is -0.298 e. The fraction of sp³-hybridized carbons (Fsp3) is 0.462. The van der Waals surface area contributed by atoms with Gasteiger partial charge in [-0.25, -0.2) is 0 Å². The molecule has 0 spiro atoms. The van der Waals surface area contributed by atoms with E-state index in [0.717, 1.165) is 19.4 Å². The molecule has 0 saturated heterocycles. The lowest BCUT2D eigenvalue weighted by Gasteiger charge is -2.22. The van der Waals surface area contributed by atoms with Gasteiger partial charge in [0.1, 0.15) is 5.78 Å². The number of rotatable bonds is 1. The van der Waals surface area contributed by atoms with Crippen LogP contribution in [0.15, 0.2) is 24.3 Å². The van der Waals surface area contributed by atoms with Crippen LogP contribution in [-0.4, -0.2) is 23.8 Å². The number of benzene rings is 1. The maximum atomic E-state index is 11.5. The van der Waals surface area contributed by atoms with Gasteiger partial charge in [-0.2, -0.15) is 0 Å². The van der Waals surface area contributed by atoms with Gasteiger partial charge in [-0.15, -0.1) is 0 Å². The molecular weight excluding hydrogens is 186 g/mol. The summed E-state index contributed by atoms with van der Waals surface area (Å²) in [6.07, 6.45) is 1.97. The van der Waals surface area contributed by atoms with Crippen LogP contribution in [0.25, 0.3) is 0 Å². The van der Waals surface area contributed by atoms with E-state index >= 15 is 0 Å². The molecule has 0 aliphatic carbocycles. The second kappa shape index (κ2) is 4.15. The van der Waals surface area contributed by atoms with E-state index in [2.05, 4.69) is 29.2 Å². The highest BCUT2D eigenvalue weighted by Gasteiger charge is 2.23. The molecule has 0 unspecified atom stereocenters. The van der Waals surface area contributed by atoms with E-state index in [-0.39, 0.29) is 11.8 Å². The standard InChI is InChI=1S/C13H17NO/c1-10(15)13-8-7-11-5-3-4-6-12(11)9-14(13)2/h3-6,13H,7-9H2,1-2H3/t13-/m0/s1. The summed E-state index contributed by atoms with van der Waals surface area (Å²) in [5.41, 5.74) is 2.76. The Morgan fingerprint density at radius 1 is 1.33 bits per heavy atom. The fourth-order valence-electron chi connectivity index (χ4n) is 2.36. The van der Waals surface area contributed by atoms with Gasteiger partial charge in [-0.1, -0.05) is 24.3 Å². The van der Waals surface area contributed by atoms with Crippen LogP contribution in [-0.2, 0) is 17.8 Å². The number of Topliss-reactive ketones (excluding diaryl/α,β-unsaturated/α-hetero) is 1. The normalized spacial score (nSPS) is 21.9. The first-order chi connectivity index (χ1) is 7.18. The summed E-state index contributed by atoms with van der Waals surface area (Å²) in [6, 6.07) is 8.57. The number of carbonyl (C=O) groups excluding carboxylic acids is 1.